The van der Waals surface area contributed by atoms with Crippen LogP contribution >= 0.6 is 11.3 Å². The zero-order chi connectivity index (χ0) is 14.7. The second-order valence-corrected chi connectivity index (χ2v) is 7.62. The lowest BCUT2D eigenvalue weighted by Crippen LogP contribution is -2.43. The van der Waals surface area contributed by atoms with Crippen molar-refractivity contribution in [1.29, 1.82) is 0 Å². The molecule has 0 spiro atoms. The highest BCUT2D eigenvalue weighted by Gasteiger charge is 2.37. The van der Waals surface area contributed by atoms with E-state index in [1.807, 2.05) is 11.3 Å². The summed E-state index contributed by atoms with van der Waals surface area (Å²) in [7, 11) is 0. The molecule has 21 heavy (non-hydrogen) atoms. The SMILES string of the molecule is CCCNC1(c2nc3c(s2)CCC3)CCCN(CC)CC1. The van der Waals surface area contributed by atoms with E-state index in [0.29, 0.717) is 0 Å². The minimum Gasteiger partial charge on any atom is -0.305 e. The van der Waals surface area contributed by atoms with Gasteiger partial charge >= 0.3 is 0 Å². The molecular formula is C17H29N3S. The molecule has 1 aliphatic carbocycles. The highest BCUT2D eigenvalue weighted by molar-refractivity contribution is 7.12. The minimum absolute atomic E-state index is 0.148. The number of nitrogens with zero attached hydrogens (tertiary/aromatic N) is 2. The van der Waals surface area contributed by atoms with E-state index in [2.05, 4.69) is 24.1 Å². The first-order valence-corrected chi connectivity index (χ1v) is 9.55. The summed E-state index contributed by atoms with van der Waals surface area (Å²) in [4.78, 5) is 9.23. The highest BCUT2D eigenvalue weighted by atomic mass is 32.1. The Kier molecular flexibility index (Phi) is 4.97. The molecule has 1 fully saturated rings. The molecule has 0 amide bonds. The summed E-state index contributed by atoms with van der Waals surface area (Å²) in [5.74, 6) is 0. The molecule has 1 N–H and O–H groups in total. The van der Waals surface area contributed by atoms with Crippen LogP contribution < -0.4 is 5.32 Å². The van der Waals surface area contributed by atoms with Crippen LogP contribution in [-0.4, -0.2) is 36.1 Å². The minimum atomic E-state index is 0.148. The van der Waals surface area contributed by atoms with Crippen molar-refractivity contribution in [2.24, 2.45) is 0 Å². The normalized spacial score (nSPS) is 26.8. The zero-order valence-corrected chi connectivity index (χ0v) is 14.4. The average molecular weight is 308 g/mol. The monoisotopic (exact) mass is 307 g/mol. The number of hydrogen-bond donors (Lipinski definition) is 1. The zero-order valence-electron chi connectivity index (χ0n) is 13.6. The van der Waals surface area contributed by atoms with Crippen LogP contribution in [-0.2, 0) is 18.4 Å². The Balaban J connectivity index is 1.84. The van der Waals surface area contributed by atoms with Gasteiger partial charge in [0.2, 0.25) is 0 Å². The van der Waals surface area contributed by atoms with Crippen LogP contribution in [0.15, 0.2) is 0 Å². The fourth-order valence-electron chi connectivity index (χ4n) is 3.73. The molecule has 0 aromatic carbocycles. The number of rotatable bonds is 5. The van der Waals surface area contributed by atoms with Crippen LogP contribution in [0.4, 0.5) is 0 Å². The first kappa shape index (κ1) is 15.4. The van der Waals surface area contributed by atoms with Crippen molar-refractivity contribution in [1.82, 2.24) is 15.2 Å². The molecule has 1 aromatic heterocycles. The summed E-state index contributed by atoms with van der Waals surface area (Å²) in [6.45, 7) is 9.28. The molecule has 0 radical (unpaired) electrons. The predicted octanol–water partition coefficient (Wildman–Crippen LogP) is 3.33. The lowest BCUT2D eigenvalue weighted by Gasteiger charge is -2.32. The largest absolute Gasteiger partial charge is 0.305 e. The van der Waals surface area contributed by atoms with Crippen LogP contribution in [0.25, 0.3) is 0 Å². The maximum Gasteiger partial charge on any atom is 0.113 e. The van der Waals surface area contributed by atoms with E-state index in [9.17, 15) is 0 Å². The molecule has 118 valence electrons. The number of thiazole rings is 1. The number of likely N-dealkylation sites (tertiary alicyclic amines) is 1. The van der Waals surface area contributed by atoms with Crippen LogP contribution in [0.5, 0.6) is 0 Å². The number of hydrogen-bond acceptors (Lipinski definition) is 4. The van der Waals surface area contributed by atoms with Crippen LogP contribution in [0.3, 0.4) is 0 Å². The third kappa shape index (κ3) is 3.17. The highest BCUT2D eigenvalue weighted by Crippen LogP contribution is 2.39. The van der Waals surface area contributed by atoms with E-state index < -0.39 is 0 Å². The summed E-state index contributed by atoms with van der Waals surface area (Å²) in [6, 6.07) is 0. The van der Waals surface area contributed by atoms with Crippen LogP contribution in [0, 0.1) is 0 Å². The molecule has 0 bridgehead atoms. The van der Waals surface area contributed by atoms with E-state index in [1.54, 1.807) is 4.88 Å². The van der Waals surface area contributed by atoms with Gasteiger partial charge in [0, 0.05) is 11.4 Å². The van der Waals surface area contributed by atoms with E-state index in [-0.39, 0.29) is 5.54 Å². The smallest absolute Gasteiger partial charge is 0.113 e. The fraction of sp³-hybridized carbons (Fsp3) is 0.824. The van der Waals surface area contributed by atoms with Gasteiger partial charge in [0.15, 0.2) is 0 Å². The summed E-state index contributed by atoms with van der Waals surface area (Å²) >= 11 is 2.00. The maximum atomic E-state index is 5.07. The molecule has 1 aliphatic heterocycles. The second kappa shape index (κ2) is 6.76. The molecular weight excluding hydrogens is 278 g/mol. The summed E-state index contributed by atoms with van der Waals surface area (Å²) < 4.78 is 0. The average Bonchev–Trinajstić information content (AvgIpc) is 3.02. The Labute approximate surface area is 133 Å². The number of aromatic nitrogens is 1. The lowest BCUT2D eigenvalue weighted by atomic mass is 9.91. The van der Waals surface area contributed by atoms with Gasteiger partial charge in [0.1, 0.15) is 5.01 Å². The summed E-state index contributed by atoms with van der Waals surface area (Å²) in [6.07, 6.45) is 8.73. The lowest BCUT2D eigenvalue weighted by molar-refractivity contribution is 0.264. The van der Waals surface area contributed by atoms with Crippen molar-refractivity contribution < 1.29 is 0 Å². The first-order valence-electron chi connectivity index (χ1n) is 8.74. The third-order valence-electron chi connectivity index (χ3n) is 5.10. The first-order chi connectivity index (χ1) is 10.3. The van der Waals surface area contributed by atoms with Gasteiger partial charge in [-0.25, -0.2) is 4.98 Å². The van der Waals surface area contributed by atoms with E-state index in [0.717, 1.165) is 6.54 Å². The van der Waals surface area contributed by atoms with Crippen LogP contribution in [0.1, 0.15) is 61.5 Å². The van der Waals surface area contributed by atoms with E-state index in [1.165, 1.54) is 75.3 Å². The molecule has 1 saturated heterocycles. The molecule has 3 rings (SSSR count). The Morgan fingerprint density at radius 3 is 2.86 bits per heavy atom. The predicted molar refractivity (Wildman–Crippen MR) is 90.1 cm³/mol. The van der Waals surface area contributed by atoms with Gasteiger partial charge in [0.05, 0.1) is 11.2 Å². The summed E-state index contributed by atoms with van der Waals surface area (Å²) in [5.41, 5.74) is 1.55. The fourth-order valence-corrected chi connectivity index (χ4v) is 5.10. The van der Waals surface area contributed by atoms with Gasteiger partial charge in [0.25, 0.3) is 0 Å². The van der Waals surface area contributed by atoms with Crippen molar-refractivity contribution in [2.75, 3.05) is 26.2 Å². The van der Waals surface area contributed by atoms with Gasteiger partial charge in [-0.2, -0.15) is 0 Å². The van der Waals surface area contributed by atoms with Crippen molar-refractivity contribution >= 4 is 11.3 Å². The van der Waals surface area contributed by atoms with Crippen molar-refractivity contribution in [3.8, 4) is 0 Å². The van der Waals surface area contributed by atoms with Gasteiger partial charge in [-0.1, -0.05) is 13.8 Å². The number of aryl methyl sites for hydroxylation is 2. The molecule has 0 saturated carbocycles. The molecule has 1 unspecified atom stereocenters. The third-order valence-corrected chi connectivity index (χ3v) is 6.46. The van der Waals surface area contributed by atoms with Crippen LogP contribution in [0.2, 0.25) is 0 Å². The van der Waals surface area contributed by atoms with Gasteiger partial charge < -0.3 is 10.2 Å². The number of nitrogens with one attached hydrogen (secondary N) is 1. The second-order valence-electron chi connectivity index (χ2n) is 6.54. The Hall–Kier alpha value is -0.450. The Bertz CT molecular complexity index is 449. The van der Waals surface area contributed by atoms with E-state index in [4.69, 9.17) is 4.98 Å². The molecule has 3 nitrogen and oxygen atoms in total. The Morgan fingerprint density at radius 1 is 1.19 bits per heavy atom. The molecule has 4 heteroatoms. The van der Waals surface area contributed by atoms with Gasteiger partial charge in [-0.15, -0.1) is 11.3 Å². The number of fused-ring (bicyclic) bond motifs is 1. The molecule has 2 heterocycles. The molecule has 1 aromatic rings. The quantitative estimate of drug-likeness (QED) is 0.904. The van der Waals surface area contributed by atoms with Crippen molar-refractivity contribution in [3.63, 3.8) is 0 Å². The van der Waals surface area contributed by atoms with E-state index >= 15 is 0 Å². The maximum absolute atomic E-state index is 5.07. The standard InChI is InChI=1S/C17H29N3S/c1-3-11-18-17(9-6-12-20(4-2)13-10-17)16-19-14-7-5-8-15(14)21-16/h18H,3-13H2,1-2H3. The topological polar surface area (TPSA) is 28.2 Å². The Morgan fingerprint density at radius 2 is 2.10 bits per heavy atom. The van der Waals surface area contributed by atoms with Crippen molar-refractivity contribution in [2.45, 2.75) is 64.3 Å². The van der Waals surface area contributed by atoms with Crippen molar-refractivity contribution in [3.05, 3.63) is 15.6 Å². The molecule has 1 atom stereocenters. The summed E-state index contributed by atoms with van der Waals surface area (Å²) in [5, 5.41) is 5.28. The molecule has 2 aliphatic rings. The van der Waals surface area contributed by atoms with Gasteiger partial charge in [-0.3, -0.25) is 0 Å². The van der Waals surface area contributed by atoms with Gasteiger partial charge in [-0.05, 0) is 64.6 Å².